The van der Waals surface area contributed by atoms with Gasteiger partial charge in [0.25, 0.3) is 5.91 Å². The number of carbonyl (C=O) groups is 1. The number of hydrogen-bond donors (Lipinski definition) is 1. The number of ether oxygens (including phenoxy) is 1. The average molecular weight is 262 g/mol. The Bertz CT molecular complexity index is 420. The molecule has 1 amide bonds. The highest BCUT2D eigenvalue weighted by Gasteiger charge is 2.28. The van der Waals surface area contributed by atoms with E-state index in [0.29, 0.717) is 23.5 Å². The molecule has 1 heterocycles. The van der Waals surface area contributed by atoms with Crippen molar-refractivity contribution in [3.8, 4) is 5.75 Å². The van der Waals surface area contributed by atoms with Gasteiger partial charge in [-0.2, -0.15) is 0 Å². The SMILES string of the molecule is C[C@H]1CCC[C@H](C)N1C(=O)COc1ccc(N)cc1. The molecule has 0 aliphatic carbocycles. The molecule has 0 saturated carbocycles. The van der Waals surface area contributed by atoms with Gasteiger partial charge in [-0.05, 0) is 57.4 Å². The van der Waals surface area contributed by atoms with Crippen molar-refractivity contribution in [1.29, 1.82) is 0 Å². The summed E-state index contributed by atoms with van der Waals surface area (Å²) in [6.45, 7) is 4.31. The van der Waals surface area contributed by atoms with Gasteiger partial charge in [0.05, 0.1) is 0 Å². The van der Waals surface area contributed by atoms with Crippen LogP contribution < -0.4 is 10.5 Å². The minimum atomic E-state index is 0.0662. The van der Waals surface area contributed by atoms with Gasteiger partial charge in [0.2, 0.25) is 0 Å². The van der Waals surface area contributed by atoms with Crippen molar-refractivity contribution in [3.05, 3.63) is 24.3 Å². The van der Waals surface area contributed by atoms with Crippen LogP contribution in [0.5, 0.6) is 5.75 Å². The first kappa shape index (κ1) is 13.7. The van der Waals surface area contributed by atoms with Gasteiger partial charge in [-0.1, -0.05) is 0 Å². The largest absolute Gasteiger partial charge is 0.484 e. The lowest BCUT2D eigenvalue weighted by Gasteiger charge is -2.38. The van der Waals surface area contributed by atoms with Gasteiger partial charge >= 0.3 is 0 Å². The molecule has 2 N–H and O–H groups in total. The maximum absolute atomic E-state index is 12.2. The van der Waals surface area contributed by atoms with Crippen molar-refractivity contribution in [1.82, 2.24) is 4.90 Å². The molecule has 0 unspecified atom stereocenters. The Morgan fingerprint density at radius 2 is 1.84 bits per heavy atom. The Kier molecular flexibility index (Phi) is 4.30. The summed E-state index contributed by atoms with van der Waals surface area (Å²) in [5.41, 5.74) is 6.30. The predicted octanol–water partition coefficient (Wildman–Crippen LogP) is 2.44. The van der Waals surface area contributed by atoms with E-state index < -0.39 is 0 Å². The predicted molar refractivity (Wildman–Crippen MR) is 76.0 cm³/mol. The van der Waals surface area contributed by atoms with Gasteiger partial charge in [-0.3, -0.25) is 4.79 Å². The monoisotopic (exact) mass is 262 g/mol. The number of nitrogens with zero attached hydrogens (tertiary/aromatic N) is 1. The van der Waals surface area contributed by atoms with Gasteiger partial charge in [-0.15, -0.1) is 0 Å². The third-order valence-corrected chi connectivity index (χ3v) is 3.72. The molecule has 2 rings (SSSR count). The van der Waals surface area contributed by atoms with E-state index in [4.69, 9.17) is 10.5 Å². The summed E-state index contributed by atoms with van der Waals surface area (Å²) in [5, 5.41) is 0. The van der Waals surface area contributed by atoms with E-state index >= 15 is 0 Å². The van der Waals surface area contributed by atoms with Crippen molar-refractivity contribution in [2.75, 3.05) is 12.3 Å². The molecule has 0 bridgehead atoms. The highest BCUT2D eigenvalue weighted by molar-refractivity contribution is 5.78. The molecule has 0 spiro atoms. The molecule has 2 atom stereocenters. The van der Waals surface area contributed by atoms with Gasteiger partial charge in [0, 0.05) is 17.8 Å². The summed E-state index contributed by atoms with van der Waals surface area (Å²) in [4.78, 5) is 14.2. The molecule has 19 heavy (non-hydrogen) atoms. The second kappa shape index (κ2) is 5.95. The fraction of sp³-hybridized carbons (Fsp3) is 0.533. The summed E-state index contributed by atoms with van der Waals surface area (Å²) >= 11 is 0. The lowest BCUT2D eigenvalue weighted by molar-refractivity contribution is -0.139. The third kappa shape index (κ3) is 3.40. The van der Waals surface area contributed by atoms with Crippen LogP contribution in [0.3, 0.4) is 0 Å². The van der Waals surface area contributed by atoms with Crippen LogP contribution in [-0.4, -0.2) is 29.5 Å². The van der Waals surface area contributed by atoms with E-state index in [2.05, 4.69) is 13.8 Å². The van der Waals surface area contributed by atoms with Crippen LogP contribution >= 0.6 is 0 Å². The first-order valence-corrected chi connectivity index (χ1v) is 6.87. The normalized spacial score (nSPS) is 23.2. The summed E-state index contributed by atoms with van der Waals surface area (Å²) < 4.78 is 5.53. The molecule has 4 heteroatoms. The fourth-order valence-electron chi connectivity index (χ4n) is 2.70. The first-order chi connectivity index (χ1) is 9.08. The Morgan fingerprint density at radius 3 is 2.42 bits per heavy atom. The van der Waals surface area contributed by atoms with Gasteiger partial charge < -0.3 is 15.4 Å². The van der Waals surface area contributed by atoms with Gasteiger partial charge in [-0.25, -0.2) is 0 Å². The zero-order chi connectivity index (χ0) is 13.8. The maximum Gasteiger partial charge on any atom is 0.260 e. The van der Waals surface area contributed by atoms with Gasteiger partial charge in [0.1, 0.15) is 5.75 Å². The van der Waals surface area contributed by atoms with E-state index in [-0.39, 0.29) is 12.5 Å². The van der Waals surface area contributed by atoms with Crippen molar-refractivity contribution in [2.24, 2.45) is 0 Å². The van der Waals surface area contributed by atoms with Crippen LogP contribution in [-0.2, 0) is 4.79 Å². The van der Waals surface area contributed by atoms with Crippen LogP contribution in [0.2, 0.25) is 0 Å². The number of nitrogens with two attached hydrogens (primary N) is 1. The topological polar surface area (TPSA) is 55.6 Å². The summed E-state index contributed by atoms with van der Waals surface area (Å²) in [6.07, 6.45) is 3.36. The standard InChI is InChI=1S/C15H22N2O2/c1-11-4-3-5-12(2)17(11)15(18)10-19-14-8-6-13(16)7-9-14/h6-9,11-12H,3-5,10,16H2,1-2H3/t11-,12-/m0/s1. The molecule has 0 radical (unpaired) electrons. The van der Waals surface area contributed by atoms with Gasteiger partial charge in [0.15, 0.2) is 6.61 Å². The van der Waals surface area contributed by atoms with E-state index in [0.717, 1.165) is 12.8 Å². The van der Waals surface area contributed by atoms with Crippen LogP contribution in [0.1, 0.15) is 33.1 Å². The number of amides is 1. The molecule has 104 valence electrons. The number of carbonyl (C=O) groups excluding carboxylic acids is 1. The second-order valence-electron chi connectivity index (χ2n) is 5.29. The molecule has 1 aromatic rings. The molecule has 1 saturated heterocycles. The van der Waals surface area contributed by atoms with Crippen molar-refractivity contribution in [2.45, 2.75) is 45.2 Å². The number of hydrogen-bond acceptors (Lipinski definition) is 3. The zero-order valence-corrected chi connectivity index (χ0v) is 11.6. The quantitative estimate of drug-likeness (QED) is 0.851. The molecule has 1 aromatic carbocycles. The minimum Gasteiger partial charge on any atom is -0.484 e. The Hall–Kier alpha value is -1.71. The second-order valence-corrected chi connectivity index (χ2v) is 5.29. The van der Waals surface area contributed by atoms with E-state index in [9.17, 15) is 4.79 Å². The lowest BCUT2D eigenvalue weighted by Crippen LogP contribution is -2.49. The van der Waals surface area contributed by atoms with Crippen molar-refractivity contribution in [3.63, 3.8) is 0 Å². The number of nitrogen functional groups attached to an aromatic ring is 1. The Labute approximate surface area is 114 Å². The average Bonchev–Trinajstić information content (AvgIpc) is 2.38. The van der Waals surface area contributed by atoms with Crippen LogP contribution in [0.15, 0.2) is 24.3 Å². The molecule has 4 nitrogen and oxygen atoms in total. The lowest BCUT2D eigenvalue weighted by atomic mass is 9.97. The Balaban J connectivity index is 1.91. The van der Waals surface area contributed by atoms with Crippen molar-refractivity contribution < 1.29 is 9.53 Å². The van der Waals surface area contributed by atoms with E-state index in [1.54, 1.807) is 24.3 Å². The Morgan fingerprint density at radius 1 is 1.26 bits per heavy atom. The minimum absolute atomic E-state index is 0.0662. The zero-order valence-electron chi connectivity index (χ0n) is 11.6. The first-order valence-electron chi connectivity index (χ1n) is 6.87. The molecule has 1 fully saturated rings. The summed E-state index contributed by atoms with van der Waals surface area (Å²) in [5.74, 6) is 0.747. The maximum atomic E-state index is 12.2. The number of benzene rings is 1. The highest BCUT2D eigenvalue weighted by atomic mass is 16.5. The van der Waals surface area contributed by atoms with Crippen LogP contribution in [0.4, 0.5) is 5.69 Å². The number of piperidine rings is 1. The molecule has 1 aliphatic rings. The molecule has 0 aromatic heterocycles. The summed E-state index contributed by atoms with van der Waals surface area (Å²) in [7, 11) is 0. The fourth-order valence-corrected chi connectivity index (χ4v) is 2.70. The molecular weight excluding hydrogens is 240 g/mol. The van der Waals surface area contributed by atoms with E-state index in [1.165, 1.54) is 6.42 Å². The highest BCUT2D eigenvalue weighted by Crippen LogP contribution is 2.22. The third-order valence-electron chi connectivity index (χ3n) is 3.72. The number of rotatable bonds is 3. The smallest absolute Gasteiger partial charge is 0.260 e. The van der Waals surface area contributed by atoms with E-state index in [1.807, 2.05) is 4.90 Å². The summed E-state index contributed by atoms with van der Waals surface area (Å²) in [6, 6.07) is 7.73. The van der Waals surface area contributed by atoms with Crippen LogP contribution in [0, 0.1) is 0 Å². The van der Waals surface area contributed by atoms with Crippen molar-refractivity contribution >= 4 is 11.6 Å². The number of anilines is 1. The van der Waals surface area contributed by atoms with Crippen LogP contribution in [0.25, 0.3) is 0 Å². The molecular formula is C15H22N2O2. The molecule has 1 aliphatic heterocycles. The number of likely N-dealkylation sites (tertiary alicyclic amines) is 1.